The van der Waals surface area contributed by atoms with Gasteiger partial charge in [0.2, 0.25) is 0 Å². The molecule has 0 saturated carbocycles. The summed E-state index contributed by atoms with van der Waals surface area (Å²) < 4.78 is 0. The van der Waals surface area contributed by atoms with Crippen LogP contribution in [0.1, 0.15) is 62.9 Å². The monoisotopic (exact) mass is 324 g/mol. The van der Waals surface area contributed by atoms with Crippen LogP contribution in [0.5, 0.6) is 0 Å². The third-order valence-corrected chi connectivity index (χ3v) is 2.56. The van der Waals surface area contributed by atoms with Crippen molar-refractivity contribution in [3.05, 3.63) is 41.2 Å². The molecule has 0 spiro atoms. The molecule has 101 valence electrons. The average Bonchev–Trinajstić information content (AvgIpc) is 2.29. The maximum atomic E-state index is 4.36. The first-order valence-electron chi connectivity index (χ1n) is 6.45. The third-order valence-electron chi connectivity index (χ3n) is 2.56. The second kappa shape index (κ2) is 13.4. The van der Waals surface area contributed by atoms with E-state index in [0.29, 0.717) is 5.92 Å². The SMILES string of the molecule is C=CC.CC.Cc1ncc(C(C)C)c(C)c1C.[Y]. The molecule has 1 nitrogen and oxygen atoms in total. The van der Waals surface area contributed by atoms with Crippen molar-refractivity contribution in [2.45, 2.75) is 61.3 Å². The number of rotatable bonds is 1. The number of pyridine rings is 1. The molecule has 0 fully saturated rings. The van der Waals surface area contributed by atoms with Crippen LogP contribution in [0.25, 0.3) is 0 Å². The topological polar surface area (TPSA) is 12.9 Å². The fourth-order valence-corrected chi connectivity index (χ4v) is 1.43. The minimum atomic E-state index is 0. The van der Waals surface area contributed by atoms with Gasteiger partial charge in [0.1, 0.15) is 0 Å². The first-order valence-corrected chi connectivity index (χ1v) is 6.45. The molecule has 0 aliphatic rings. The number of hydrogen-bond donors (Lipinski definition) is 0. The van der Waals surface area contributed by atoms with Crippen molar-refractivity contribution in [2.75, 3.05) is 0 Å². The zero-order valence-electron chi connectivity index (χ0n) is 13.5. The van der Waals surface area contributed by atoms with Gasteiger partial charge in [0.15, 0.2) is 0 Å². The van der Waals surface area contributed by atoms with Crippen molar-refractivity contribution in [3.63, 3.8) is 0 Å². The largest absolute Gasteiger partial charge is 0.261 e. The Bertz CT molecular complexity index is 330. The molecule has 1 radical (unpaired) electrons. The molecule has 0 N–H and O–H groups in total. The molecular formula is C16H29NY. The molecule has 0 atom stereocenters. The fraction of sp³-hybridized carbons (Fsp3) is 0.562. The summed E-state index contributed by atoms with van der Waals surface area (Å²) >= 11 is 0. The number of nitrogens with zero attached hydrogens (tertiary/aromatic N) is 1. The van der Waals surface area contributed by atoms with Crippen LogP contribution in [0.2, 0.25) is 0 Å². The Kier molecular flexibility index (Phi) is 17.2. The Balaban J connectivity index is -0.000000329. The Morgan fingerprint density at radius 3 is 1.83 bits per heavy atom. The summed E-state index contributed by atoms with van der Waals surface area (Å²) in [6.45, 7) is 20.0. The van der Waals surface area contributed by atoms with Crippen LogP contribution in [0.4, 0.5) is 0 Å². The summed E-state index contributed by atoms with van der Waals surface area (Å²) in [6.07, 6.45) is 3.75. The standard InChI is InChI=1S/C11H17N.C3H6.C2H6.Y/c1-7(2)11-6-12-10(5)8(3)9(11)4;1-3-2;1-2;/h6-7H,1-5H3;3H,1H2,2H3;1-2H3;. The van der Waals surface area contributed by atoms with Gasteiger partial charge in [0, 0.05) is 44.6 Å². The number of hydrogen-bond acceptors (Lipinski definition) is 1. The maximum absolute atomic E-state index is 4.36. The quantitative estimate of drug-likeness (QED) is 0.635. The van der Waals surface area contributed by atoms with Gasteiger partial charge in [-0.05, 0) is 50.3 Å². The minimum absolute atomic E-state index is 0. The fourth-order valence-electron chi connectivity index (χ4n) is 1.43. The van der Waals surface area contributed by atoms with E-state index in [9.17, 15) is 0 Å². The third kappa shape index (κ3) is 8.16. The Morgan fingerprint density at radius 1 is 1.11 bits per heavy atom. The average molecular weight is 324 g/mol. The predicted octanol–water partition coefficient (Wildman–Crippen LogP) is 5.35. The summed E-state index contributed by atoms with van der Waals surface area (Å²) in [4.78, 5) is 4.36. The van der Waals surface area contributed by atoms with Crippen LogP contribution in [-0.2, 0) is 32.7 Å². The molecule has 0 unspecified atom stereocenters. The Hall–Kier alpha value is -0.00610. The van der Waals surface area contributed by atoms with E-state index in [1.165, 1.54) is 16.7 Å². The Morgan fingerprint density at radius 2 is 1.50 bits per heavy atom. The molecule has 0 aliphatic heterocycles. The summed E-state index contributed by atoms with van der Waals surface area (Å²) in [5.41, 5.74) is 5.26. The zero-order chi connectivity index (χ0) is 14.0. The van der Waals surface area contributed by atoms with Crippen molar-refractivity contribution < 1.29 is 32.7 Å². The van der Waals surface area contributed by atoms with Crippen molar-refractivity contribution in [1.82, 2.24) is 4.98 Å². The molecule has 0 aromatic carbocycles. The van der Waals surface area contributed by atoms with Crippen molar-refractivity contribution >= 4 is 0 Å². The van der Waals surface area contributed by atoms with Gasteiger partial charge in [-0.1, -0.05) is 33.8 Å². The molecule has 1 heterocycles. The van der Waals surface area contributed by atoms with Crippen molar-refractivity contribution in [1.29, 1.82) is 0 Å². The molecule has 0 saturated heterocycles. The molecule has 2 heteroatoms. The molecule has 1 aromatic rings. The predicted molar refractivity (Wildman–Crippen MR) is 79.8 cm³/mol. The summed E-state index contributed by atoms with van der Waals surface area (Å²) in [7, 11) is 0. The van der Waals surface area contributed by atoms with Crippen LogP contribution in [0.3, 0.4) is 0 Å². The van der Waals surface area contributed by atoms with Crippen LogP contribution < -0.4 is 0 Å². The summed E-state index contributed by atoms with van der Waals surface area (Å²) in [5.74, 6) is 0.580. The Labute approximate surface area is 139 Å². The van der Waals surface area contributed by atoms with Gasteiger partial charge in [0.25, 0.3) is 0 Å². The van der Waals surface area contributed by atoms with Gasteiger partial charge >= 0.3 is 0 Å². The molecule has 0 bridgehead atoms. The second-order valence-electron chi connectivity index (χ2n) is 4.11. The van der Waals surface area contributed by atoms with E-state index in [1.54, 1.807) is 6.08 Å². The van der Waals surface area contributed by atoms with Gasteiger partial charge in [-0.2, -0.15) is 0 Å². The van der Waals surface area contributed by atoms with E-state index < -0.39 is 0 Å². The first-order chi connectivity index (χ1) is 7.95. The van der Waals surface area contributed by atoms with Gasteiger partial charge in [-0.3, -0.25) is 4.98 Å². The van der Waals surface area contributed by atoms with Crippen molar-refractivity contribution in [3.8, 4) is 0 Å². The van der Waals surface area contributed by atoms with Gasteiger partial charge in [-0.25, -0.2) is 0 Å². The molecule has 1 aromatic heterocycles. The molecular weight excluding hydrogens is 295 g/mol. The minimum Gasteiger partial charge on any atom is -0.261 e. The van der Waals surface area contributed by atoms with E-state index >= 15 is 0 Å². The normalized spacial score (nSPS) is 8.28. The van der Waals surface area contributed by atoms with Gasteiger partial charge < -0.3 is 0 Å². The van der Waals surface area contributed by atoms with E-state index in [-0.39, 0.29) is 32.7 Å². The zero-order valence-corrected chi connectivity index (χ0v) is 16.3. The summed E-state index contributed by atoms with van der Waals surface area (Å²) in [5, 5.41) is 0. The number of aryl methyl sites for hydroxylation is 1. The first kappa shape index (κ1) is 23.1. The van der Waals surface area contributed by atoms with Crippen LogP contribution >= 0.6 is 0 Å². The van der Waals surface area contributed by atoms with Crippen molar-refractivity contribution in [2.24, 2.45) is 0 Å². The van der Waals surface area contributed by atoms with E-state index in [2.05, 4.69) is 46.2 Å². The van der Waals surface area contributed by atoms with Crippen LogP contribution in [-0.4, -0.2) is 4.98 Å². The smallest absolute Gasteiger partial charge is 0.0404 e. The molecule has 0 aliphatic carbocycles. The second-order valence-corrected chi connectivity index (χ2v) is 4.11. The molecule has 1 rings (SSSR count). The van der Waals surface area contributed by atoms with E-state index in [4.69, 9.17) is 0 Å². The summed E-state index contributed by atoms with van der Waals surface area (Å²) in [6, 6.07) is 0. The maximum Gasteiger partial charge on any atom is 0.0404 e. The van der Waals surface area contributed by atoms with Crippen LogP contribution in [0.15, 0.2) is 18.9 Å². The van der Waals surface area contributed by atoms with E-state index in [0.717, 1.165) is 5.69 Å². The van der Waals surface area contributed by atoms with Gasteiger partial charge in [-0.15, -0.1) is 6.58 Å². The number of allylic oxidation sites excluding steroid dienone is 1. The molecule has 18 heavy (non-hydrogen) atoms. The van der Waals surface area contributed by atoms with Gasteiger partial charge in [0.05, 0.1) is 0 Å². The number of aromatic nitrogens is 1. The van der Waals surface area contributed by atoms with Crippen LogP contribution in [0, 0.1) is 20.8 Å². The molecule has 0 amide bonds. The van der Waals surface area contributed by atoms with E-state index in [1.807, 2.05) is 27.0 Å².